The number of phenols is 1. The predicted molar refractivity (Wildman–Crippen MR) is 141 cm³/mol. The van der Waals surface area contributed by atoms with E-state index in [2.05, 4.69) is 24.1 Å². The third-order valence-electron chi connectivity index (χ3n) is 10.8. The number of hydrogen-bond acceptors (Lipinski definition) is 5. The molecule has 2 saturated heterocycles. The topological polar surface area (TPSA) is 87.7 Å². The average molecular weight is 493 g/mol. The molecule has 4 aliphatic carbocycles. The van der Waals surface area contributed by atoms with E-state index in [0.29, 0.717) is 36.3 Å². The van der Waals surface area contributed by atoms with E-state index < -0.39 is 5.54 Å². The summed E-state index contributed by atoms with van der Waals surface area (Å²) in [7, 11) is 1.97. The molecule has 8 unspecified atom stereocenters. The number of aromatic hydroxyl groups is 1. The van der Waals surface area contributed by atoms with Crippen molar-refractivity contribution in [3.63, 3.8) is 0 Å². The summed E-state index contributed by atoms with van der Waals surface area (Å²) in [6.07, 6.45) is 11.6. The first-order valence-electron chi connectivity index (χ1n) is 14.4. The molecule has 8 atom stereocenters. The molecule has 2 heterocycles. The van der Waals surface area contributed by atoms with Gasteiger partial charge in [0.1, 0.15) is 5.75 Å². The van der Waals surface area contributed by atoms with Crippen molar-refractivity contribution in [2.24, 2.45) is 35.3 Å². The van der Waals surface area contributed by atoms with E-state index >= 15 is 0 Å². The zero-order valence-corrected chi connectivity index (χ0v) is 22.1. The third-order valence-corrected chi connectivity index (χ3v) is 10.8. The van der Waals surface area contributed by atoms with Gasteiger partial charge in [-0.2, -0.15) is 0 Å². The molecule has 7 rings (SSSR count). The molecule has 5 heteroatoms. The number of nitrogens with two attached hydrogens (primary N) is 1. The number of aliphatic hydroxyl groups is 1. The van der Waals surface area contributed by atoms with Crippen LogP contribution in [0.2, 0.25) is 0 Å². The van der Waals surface area contributed by atoms with E-state index in [4.69, 9.17) is 10.5 Å². The quantitative estimate of drug-likeness (QED) is 0.476. The van der Waals surface area contributed by atoms with Crippen LogP contribution in [0.15, 0.2) is 12.1 Å². The molecule has 196 valence electrons. The van der Waals surface area contributed by atoms with Crippen LogP contribution in [-0.4, -0.2) is 40.6 Å². The first-order valence-corrected chi connectivity index (χ1v) is 14.4. The first kappa shape index (κ1) is 24.7. The maximum atomic E-state index is 10.5. The molecule has 5 fully saturated rings. The zero-order valence-electron chi connectivity index (χ0n) is 22.1. The lowest BCUT2D eigenvalue weighted by molar-refractivity contribution is -0.340. The Hall–Kier alpha value is -1.58. The zero-order chi connectivity index (χ0) is 25.1. The van der Waals surface area contributed by atoms with Crippen LogP contribution in [0.25, 0.3) is 0 Å². The van der Waals surface area contributed by atoms with Crippen molar-refractivity contribution >= 4 is 0 Å². The number of ether oxygens (including phenoxy) is 1. The minimum Gasteiger partial charge on any atom is -0.508 e. The molecule has 5 N–H and O–H groups in total. The Bertz CT molecular complexity index is 1080. The van der Waals surface area contributed by atoms with Crippen molar-refractivity contribution in [3.05, 3.63) is 28.8 Å². The van der Waals surface area contributed by atoms with Gasteiger partial charge < -0.3 is 26.0 Å². The minimum absolute atomic E-state index is 0.0658. The molecule has 6 bridgehead atoms. The van der Waals surface area contributed by atoms with Gasteiger partial charge in [-0.1, -0.05) is 31.1 Å². The van der Waals surface area contributed by atoms with Crippen LogP contribution in [0.3, 0.4) is 0 Å². The lowest BCUT2D eigenvalue weighted by atomic mass is 9.43. The highest BCUT2D eigenvalue weighted by Gasteiger charge is 2.72. The summed E-state index contributed by atoms with van der Waals surface area (Å²) in [6, 6.07) is 3.86. The number of fused-ring (bicyclic) bond motifs is 3. The molecule has 0 aromatic heterocycles. The van der Waals surface area contributed by atoms with Crippen LogP contribution < -0.4 is 11.1 Å². The molecule has 0 amide bonds. The van der Waals surface area contributed by atoms with Gasteiger partial charge in [0.25, 0.3) is 0 Å². The fourth-order valence-electron chi connectivity index (χ4n) is 9.81. The predicted octanol–water partition coefficient (Wildman–Crippen LogP) is 4.06. The number of aliphatic hydroxyl groups excluding tert-OH is 1. The molecule has 0 radical (unpaired) electrons. The molecule has 5 nitrogen and oxygen atoms in total. The Kier molecular flexibility index (Phi) is 6.20. The summed E-state index contributed by atoms with van der Waals surface area (Å²) in [5, 5.41) is 24.1. The van der Waals surface area contributed by atoms with Crippen LogP contribution in [-0.2, 0) is 24.1 Å². The van der Waals surface area contributed by atoms with Gasteiger partial charge in [0.05, 0.1) is 17.1 Å². The number of benzene rings is 1. The molecule has 1 aromatic carbocycles. The standard InChI is InChI=1S/C31H44N2O3/c1-29-11-5-8-22-18-31(36-29)24-9-3-6-20(14-24)15-26-21(16-25(35)17-23(26)19-33-2)7-4-10-27(31)30(32,12-13-34)28(22)29/h16-17,20,22,24,27-28,33-35H,3,5-9,11-15,18-19,32H2,1-2H3. The summed E-state index contributed by atoms with van der Waals surface area (Å²) in [5.74, 6) is 9.40. The fourth-order valence-corrected chi connectivity index (χ4v) is 9.81. The smallest absolute Gasteiger partial charge is 0.116 e. The molecular formula is C31H44N2O3. The maximum Gasteiger partial charge on any atom is 0.116 e. The second-order valence-corrected chi connectivity index (χ2v) is 12.9. The third kappa shape index (κ3) is 3.67. The van der Waals surface area contributed by atoms with Gasteiger partial charge in [0.15, 0.2) is 0 Å². The average Bonchev–Trinajstić information content (AvgIpc) is 2.83. The monoisotopic (exact) mass is 492 g/mol. The van der Waals surface area contributed by atoms with Crippen LogP contribution in [0.4, 0.5) is 0 Å². The van der Waals surface area contributed by atoms with Gasteiger partial charge in [-0.3, -0.25) is 0 Å². The lowest BCUT2D eigenvalue weighted by Gasteiger charge is -2.72. The van der Waals surface area contributed by atoms with Crippen LogP contribution in [0.5, 0.6) is 5.75 Å². The van der Waals surface area contributed by atoms with Gasteiger partial charge in [0, 0.05) is 31.0 Å². The molecule has 3 saturated carbocycles. The Morgan fingerprint density at radius 2 is 2.08 bits per heavy atom. The number of nitrogens with one attached hydrogen (secondary N) is 1. The Morgan fingerprint density at radius 3 is 2.86 bits per heavy atom. The normalized spacial score (nSPS) is 42.9. The van der Waals surface area contributed by atoms with E-state index in [1.54, 1.807) is 0 Å². The van der Waals surface area contributed by atoms with Crippen molar-refractivity contribution in [1.82, 2.24) is 5.32 Å². The van der Waals surface area contributed by atoms with Crippen molar-refractivity contribution in [2.75, 3.05) is 13.7 Å². The van der Waals surface area contributed by atoms with Gasteiger partial charge in [-0.25, -0.2) is 0 Å². The number of hydrogen-bond donors (Lipinski definition) is 4. The van der Waals surface area contributed by atoms with Crippen molar-refractivity contribution in [1.29, 1.82) is 0 Å². The summed E-state index contributed by atoms with van der Waals surface area (Å²) in [5.41, 5.74) is 10.1. The largest absolute Gasteiger partial charge is 0.508 e. The Balaban J connectivity index is 1.50. The number of rotatable bonds is 4. The van der Waals surface area contributed by atoms with Crippen molar-refractivity contribution < 1.29 is 14.9 Å². The fraction of sp³-hybridized carbons (Fsp3) is 0.742. The van der Waals surface area contributed by atoms with Crippen LogP contribution >= 0.6 is 0 Å². The summed E-state index contributed by atoms with van der Waals surface area (Å²) in [6.45, 7) is 3.17. The highest BCUT2D eigenvalue weighted by Crippen LogP contribution is 2.67. The summed E-state index contributed by atoms with van der Waals surface area (Å²) in [4.78, 5) is 0. The summed E-state index contributed by atoms with van der Waals surface area (Å²) >= 11 is 0. The molecule has 6 aliphatic rings. The van der Waals surface area contributed by atoms with Crippen molar-refractivity contribution in [2.45, 2.75) is 101 Å². The van der Waals surface area contributed by atoms with Gasteiger partial charge >= 0.3 is 0 Å². The Morgan fingerprint density at radius 1 is 1.22 bits per heavy atom. The van der Waals surface area contributed by atoms with E-state index in [0.717, 1.165) is 37.8 Å². The van der Waals surface area contributed by atoms with Crippen LogP contribution in [0.1, 0.15) is 81.4 Å². The van der Waals surface area contributed by atoms with Crippen molar-refractivity contribution in [3.8, 4) is 17.6 Å². The number of phenolic OH excluding ortho intramolecular Hbond substituents is 1. The molecular weight excluding hydrogens is 448 g/mol. The maximum absolute atomic E-state index is 10.5. The second kappa shape index (κ2) is 9.02. The molecule has 1 aromatic rings. The highest BCUT2D eigenvalue weighted by molar-refractivity contribution is 5.44. The van der Waals surface area contributed by atoms with E-state index in [1.807, 2.05) is 19.2 Å². The van der Waals surface area contributed by atoms with E-state index in [9.17, 15) is 10.2 Å². The molecule has 36 heavy (non-hydrogen) atoms. The minimum atomic E-state index is -0.530. The van der Waals surface area contributed by atoms with E-state index in [1.165, 1.54) is 43.2 Å². The van der Waals surface area contributed by atoms with Gasteiger partial charge in [-0.15, -0.1) is 0 Å². The summed E-state index contributed by atoms with van der Waals surface area (Å²) < 4.78 is 7.38. The molecule has 1 spiro atoms. The Labute approximate surface area is 216 Å². The van der Waals surface area contributed by atoms with Gasteiger partial charge in [0.2, 0.25) is 0 Å². The van der Waals surface area contributed by atoms with Crippen LogP contribution in [0, 0.1) is 41.4 Å². The highest BCUT2D eigenvalue weighted by atomic mass is 16.5. The van der Waals surface area contributed by atoms with Gasteiger partial charge in [-0.05, 0) is 105 Å². The van der Waals surface area contributed by atoms with E-state index in [-0.39, 0.29) is 29.6 Å². The SMILES string of the molecule is CNCc1cc(O)cc2c1CC1CCCC(C1)C13CC4CCCC(C)(O1)C4C(N)(CCO)C3C#CC2. The first-order chi connectivity index (χ1) is 17.3. The molecule has 2 aliphatic heterocycles. The lowest BCUT2D eigenvalue weighted by Crippen LogP contribution is -2.80. The second-order valence-electron chi connectivity index (χ2n) is 12.9.